The molecule has 4 heteroatoms. The maximum atomic E-state index is 12.4. The highest BCUT2D eigenvalue weighted by molar-refractivity contribution is 5.97. The number of rotatable bonds is 6. The lowest BCUT2D eigenvalue weighted by Crippen LogP contribution is -2.22. The van der Waals surface area contributed by atoms with E-state index in [0.717, 1.165) is 22.2 Å². The Kier molecular flexibility index (Phi) is 5.64. The molecular formula is C22H22N2O2. The van der Waals surface area contributed by atoms with Crippen LogP contribution < -0.4 is 10.1 Å². The largest absolute Gasteiger partial charge is 0.490 e. The topological polar surface area (TPSA) is 51.2 Å². The van der Waals surface area contributed by atoms with Crippen molar-refractivity contribution >= 4 is 16.8 Å². The minimum atomic E-state index is -0.105. The van der Waals surface area contributed by atoms with Gasteiger partial charge in [-0.1, -0.05) is 23.8 Å². The van der Waals surface area contributed by atoms with Crippen LogP contribution in [0.3, 0.4) is 0 Å². The van der Waals surface area contributed by atoms with Crippen molar-refractivity contribution < 1.29 is 9.53 Å². The van der Waals surface area contributed by atoms with Gasteiger partial charge >= 0.3 is 0 Å². The van der Waals surface area contributed by atoms with Crippen LogP contribution in [-0.2, 0) is 6.54 Å². The maximum Gasteiger partial charge on any atom is 0.251 e. The molecule has 0 aliphatic heterocycles. The third-order valence-corrected chi connectivity index (χ3v) is 3.96. The first-order valence-electron chi connectivity index (χ1n) is 8.60. The molecule has 0 atom stereocenters. The normalized spacial score (nSPS) is 10.4. The zero-order valence-electron chi connectivity index (χ0n) is 15.0. The average molecular weight is 346 g/mol. The highest BCUT2D eigenvalue weighted by Crippen LogP contribution is 2.15. The molecule has 1 aromatic heterocycles. The van der Waals surface area contributed by atoms with Gasteiger partial charge in [-0.25, -0.2) is 0 Å². The van der Waals surface area contributed by atoms with Gasteiger partial charge in [0.25, 0.3) is 5.91 Å². The highest BCUT2D eigenvalue weighted by atomic mass is 16.5. The predicted octanol–water partition coefficient (Wildman–Crippen LogP) is 4.51. The van der Waals surface area contributed by atoms with Gasteiger partial charge in [0, 0.05) is 23.7 Å². The number of carbonyl (C=O) groups is 1. The summed E-state index contributed by atoms with van der Waals surface area (Å²) in [6, 6.07) is 17.1. The Morgan fingerprint density at radius 1 is 1.12 bits per heavy atom. The van der Waals surface area contributed by atoms with Crippen molar-refractivity contribution in [3.05, 3.63) is 83.6 Å². The van der Waals surface area contributed by atoms with Crippen molar-refractivity contribution in [2.45, 2.75) is 20.4 Å². The number of amides is 1. The van der Waals surface area contributed by atoms with E-state index < -0.39 is 0 Å². The van der Waals surface area contributed by atoms with Crippen LogP contribution in [0.25, 0.3) is 10.9 Å². The van der Waals surface area contributed by atoms with E-state index in [9.17, 15) is 4.79 Å². The minimum Gasteiger partial charge on any atom is -0.490 e. The molecule has 1 N–H and O–H groups in total. The standard InChI is InChI=1S/C22H22N2O2/c1-16(2)10-12-26-20-7-3-5-17(13-20)15-24-22(25)19-8-9-21-18(14-19)6-4-11-23-21/h3-11,13-14H,12,15H2,1-2H3,(H,24,25). The first kappa shape index (κ1) is 17.7. The fraction of sp³-hybridized carbons (Fsp3) is 0.182. The maximum absolute atomic E-state index is 12.4. The van der Waals surface area contributed by atoms with Crippen molar-refractivity contribution in [3.8, 4) is 5.75 Å². The fourth-order valence-electron chi connectivity index (χ4n) is 2.55. The van der Waals surface area contributed by atoms with Gasteiger partial charge < -0.3 is 10.1 Å². The number of hydrogen-bond donors (Lipinski definition) is 1. The molecule has 0 aliphatic rings. The number of hydrogen-bond acceptors (Lipinski definition) is 3. The van der Waals surface area contributed by atoms with Crippen LogP contribution in [0.5, 0.6) is 5.75 Å². The number of pyridine rings is 1. The molecule has 1 amide bonds. The van der Waals surface area contributed by atoms with Gasteiger partial charge in [0.15, 0.2) is 0 Å². The smallest absolute Gasteiger partial charge is 0.251 e. The van der Waals surface area contributed by atoms with Crippen molar-refractivity contribution in [1.82, 2.24) is 10.3 Å². The number of ether oxygens (including phenoxy) is 1. The van der Waals surface area contributed by atoms with Gasteiger partial charge in [0.2, 0.25) is 0 Å². The Bertz CT molecular complexity index is 944. The Labute approximate surface area is 153 Å². The quantitative estimate of drug-likeness (QED) is 0.668. The van der Waals surface area contributed by atoms with Crippen molar-refractivity contribution in [2.75, 3.05) is 6.61 Å². The molecule has 0 saturated heterocycles. The lowest BCUT2D eigenvalue weighted by molar-refractivity contribution is 0.0951. The van der Waals surface area contributed by atoms with Crippen molar-refractivity contribution in [1.29, 1.82) is 0 Å². The zero-order valence-corrected chi connectivity index (χ0v) is 15.0. The van der Waals surface area contributed by atoms with E-state index in [1.165, 1.54) is 5.57 Å². The van der Waals surface area contributed by atoms with Gasteiger partial charge in [0.1, 0.15) is 12.4 Å². The monoisotopic (exact) mass is 346 g/mol. The van der Waals surface area contributed by atoms with Gasteiger partial charge in [-0.15, -0.1) is 0 Å². The van der Waals surface area contributed by atoms with Gasteiger partial charge in [-0.05, 0) is 61.9 Å². The molecule has 0 unspecified atom stereocenters. The molecule has 0 saturated carbocycles. The van der Waals surface area contributed by atoms with Crippen molar-refractivity contribution in [2.24, 2.45) is 0 Å². The lowest BCUT2D eigenvalue weighted by Gasteiger charge is -2.09. The molecule has 0 bridgehead atoms. The summed E-state index contributed by atoms with van der Waals surface area (Å²) >= 11 is 0. The summed E-state index contributed by atoms with van der Waals surface area (Å²) < 4.78 is 5.70. The number of fused-ring (bicyclic) bond motifs is 1. The second kappa shape index (κ2) is 8.30. The Morgan fingerprint density at radius 2 is 2.00 bits per heavy atom. The average Bonchev–Trinajstić information content (AvgIpc) is 2.66. The summed E-state index contributed by atoms with van der Waals surface area (Å²) in [6.07, 6.45) is 3.78. The van der Waals surface area contributed by atoms with Crippen LogP contribution in [0.2, 0.25) is 0 Å². The summed E-state index contributed by atoms with van der Waals surface area (Å²) in [5, 5.41) is 3.91. The molecule has 0 radical (unpaired) electrons. The molecular weight excluding hydrogens is 324 g/mol. The Morgan fingerprint density at radius 3 is 2.85 bits per heavy atom. The predicted molar refractivity (Wildman–Crippen MR) is 104 cm³/mol. The second-order valence-electron chi connectivity index (χ2n) is 6.33. The highest BCUT2D eigenvalue weighted by Gasteiger charge is 2.07. The zero-order chi connectivity index (χ0) is 18.4. The SMILES string of the molecule is CC(C)=CCOc1cccc(CNC(=O)c2ccc3ncccc3c2)c1. The summed E-state index contributed by atoms with van der Waals surface area (Å²) in [6.45, 7) is 5.07. The van der Waals surface area contributed by atoms with E-state index >= 15 is 0 Å². The Balaban J connectivity index is 1.62. The third-order valence-electron chi connectivity index (χ3n) is 3.96. The molecule has 26 heavy (non-hydrogen) atoms. The van der Waals surface area contributed by atoms with Crippen LogP contribution in [0.4, 0.5) is 0 Å². The second-order valence-corrected chi connectivity index (χ2v) is 6.33. The van der Waals surface area contributed by atoms with Crippen molar-refractivity contribution in [3.63, 3.8) is 0 Å². The summed E-state index contributed by atoms with van der Waals surface area (Å²) in [5.74, 6) is 0.692. The molecule has 0 aliphatic carbocycles. The number of nitrogens with one attached hydrogen (secondary N) is 1. The molecule has 0 fully saturated rings. The van der Waals surface area contributed by atoms with Gasteiger partial charge in [-0.3, -0.25) is 9.78 Å². The molecule has 0 spiro atoms. The molecule has 2 aromatic carbocycles. The number of nitrogens with zero attached hydrogens (tertiary/aromatic N) is 1. The first-order valence-corrected chi connectivity index (χ1v) is 8.60. The van der Waals surface area contributed by atoms with E-state index in [-0.39, 0.29) is 5.91 Å². The van der Waals surface area contributed by atoms with Crippen LogP contribution in [-0.4, -0.2) is 17.5 Å². The summed E-state index contributed by atoms with van der Waals surface area (Å²) in [7, 11) is 0. The van der Waals surface area contributed by atoms with Crippen LogP contribution in [0.15, 0.2) is 72.4 Å². The van der Waals surface area contributed by atoms with E-state index in [4.69, 9.17) is 4.74 Å². The number of benzene rings is 2. The van der Waals surface area contributed by atoms with E-state index in [1.54, 1.807) is 12.3 Å². The van der Waals surface area contributed by atoms with Crippen LogP contribution in [0, 0.1) is 0 Å². The molecule has 3 rings (SSSR count). The lowest BCUT2D eigenvalue weighted by atomic mass is 10.1. The number of allylic oxidation sites excluding steroid dienone is 1. The fourth-order valence-corrected chi connectivity index (χ4v) is 2.55. The van der Waals surface area contributed by atoms with E-state index in [1.807, 2.05) is 68.5 Å². The molecule has 1 heterocycles. The first-order chi connectivity index (χ1) is 12.6. The molecule has 4 nitrogen and oxygen atoms in total. The van der Waals surface area contributed by atoms with Gasteiger partial charge in [0.05, 0.1) is 5.52 Å². The summed E-state index contributed by atoms with van der Waals surface area (Å²) in [5.41, 5.74) is 3.72. The van der Waals surface area contributed by atoms with Crippen LogP contribution in [0.1, 0.15) is 29.8 Å². The molecule has 3 aromatic rings. The summed E-state index contributed by atoms with van der Waals surface area (Å²) in [4.78, 5) is 16.7. The van der Waals surface area contributed by atoms with E-state index in [2.05, 4.69) is 10.3 Å². The van der Waals surface area contributed by atoms with Crippen LogP contribution >= 0.6 is 0 Å². The number of aromatic nitrogens is 1. The molecule has 132 valence electrons. The Hall–Kier alpha value is -3.14. The van der Waals surface area contributed by atoms with Gasteiger partial charge in [-0.2, -0.15) is 0 Å². The minimum absolute atomic E-state index is 0.105. The third kappa shape index (κ3) is 4.70. The van der Waals surface area contributed by atoms with E-state index in [0.29, 0.717) is 18.7 Å². The number of carbonyl (C=O) groups excluding carboxylic acids is 1.